The van der Waals surface area contributed by atoms with E-state index in [2.05, 4.69) is 0 Å². The van der Waals surface area contributed by atoms with Crippen LogP contribution in [0.1, 0.15) is 19.4 Å². The van der Waals surface area contributed by atoms with Crippen LogP contribution >= 0.6 is 11.3 Å². The van der Waals surface area contributed by atoms with E-state index in [1.807, 2.05) is 32.0 Å². The van der Waals surface area contributed by atoms with Crippen LogP contribution in [-0.4, -0.2) is 0 Å². The van der Waals surface area contributed by atoms with Crippen LogP contribution in [0.3, 0.4) is 0 Å². The van der Waals surface area contributed by atoms with Crippen LogP contribution in [0.4, 0.5) is 0 Å². The van der Waals surface area contributed by atoms with Gasteiger partial charge in [-0.2, -0.15) is 0 Å². The number of hydrogen-bond acceptors (Lipinski definition) is 4. The monoisotopic (exact) mass is 209 g/mol. The zero-order chi connectivity index (χ0) is 10.3. The van der Waals surface area contributed by atoms with E-state index in [9.17, 15) is 4.79 Å². The summed E-state index contributed by atoms with van der Waals surface area (Å²) < 4.78 is 5.96. The average Bonchev–Trinajstić information content (AvgIpc) is 2.41. The topological polar surface area (TPSA) is 56.2 Å². The maximum atomic E-state index is 11.1. The smallest absolute Gasteiger partial charge is 0.396 e. The number of benzene rings is 1. The molecule has 0 atom stereocenters. The first-order valence-corrected chi connectivity index (χ1v) is 5.12. The van der Waals surface area contributed by atoms with E-state index in [1.165, 1.54) is 0 Å². The molecular formula is C10H11NO2S. The second-order valence-corrected chi connectivity index (χ2v) is 4.79. The summed E-state index contributed by atoms with van der Waals surface area (Å²) in [4.78, 5) is 10.8. The Kier molecular flexibility index (Phi) is 1.97. The van der Waals surface area contributed by atoms with Gasteiger partial charge in [0.05, 0.1) is 4.70 Å². The van der Waals surface area contributed by atoms with Crippen molar-refractivity contribution in [2.45, 2.75) is 19.4 Å². The highest BCUT2D eigenvalue weighted by molar-refractivity contribution is 7.16. The normalized spacial score (nSPS) is 12.2. The molecule has 0 aliphatic carbocycles. The molecule has 1 aromatic carbocycles. The first kappa shape index (κ1) is 9.43. The molecule has 2 rings (SSSR count). The predicted molar refractivity (Wildman–Crippen MR) is 57.6 cm³/mol. The molecule has 4 heteroatoms. The van der Waals surface area contributed by atoms with Gasteiger partial charge in [0.25, 0.3) is 0 Å². The molecule has 0 saturated heterocycles. The van der Waals surface area contributed by atoms with E-state index in [4.69, 9.17) is 10.2 Å². The molecular weight excluding hydrogens is 198 g/mol. The Balaban J connectivity index is 2.83. The van der Waals surface area contributed by atoms with Gasteiger partial charge in [-0.1, -0.05) is 23.5 Å². The molecule has 0 aliphatic heterocycles. The van der Waals surface area contributed by atoms with Crippen molar-refractivity contribution in [3.8, 4) is 0 Å². The number of rotatable bonds is 1. The van der Waals surface area contributed by atoms with Gasteiger partial charge < -0.3 is 10.2 Å². The number of fused-ring (bicyclic) bond motifs is 1. The minimum absolute atomic E-state index is 0.281. The standard InChI is InChI=1S/C10H11NO2S/c1-10(2,11)6-4-3-5-7-8(6)13-9(12)14-7/h3-5H,11H2,1-2H3. The Labute approximate surface area is 85.2 Å². The first-order valence-electron chi connectivity index (χ1n) is 4.30. The van der Waals surface area contributed by atoms with E-state index in [0.29, 0.717) is 5.58 Å². The largest absolute Gasteiger partial charge is 0.414 e. The summed E-state index contributed by atoms with van der Waals surface area (Å²) >= 11 is 1.10. The first-order chi connectivity index (χ1) is 6.48. The van der Waals surface area contributed by atoms with Crippen LogP contribution in [0.25, 0.3) is 10.3 Å². The molecule has 14 heavy (non-hydrogen) atoms. The van der Waals surface area contributed by atoms with Gasteiger partial charge in [-0.3, -0.25) is 0 Å². The molecule has 0 bridgehead atoms. The van der Waals surface area contributed by atoms with Crippen LogP contribution in [0.2, 0.25) is 0 Å². The van der Waals surface area contributed by atoms with Crippen molar-refractivity contribution in [2.24, 2.45) is 5.73 Å². The highest BCUT2D eigenvalue weighted by Crippen LogP contribution is 2.27. The lowest BCUT2D eigenvalue weighted by Gasteiger charge is -2.18. The highest BCUT2D eigenvalue weighted by Gasteiger charge is 2.19. The average molecular weight is 209 g/mol. The summed E-state index contributed by atoms with van der Waals surface area (Å²) in [5.41, 5.74) is 6.97. The Morgan fingerprint density at radius 1 is 1.43 bits per heavy atom. The summed E-state index contributed by atoms with van der Waals surface area (Å²) in [5.74, 6) is 0. The van der Waals surface area contributed by atoms with E-state index in [0.717, 1.165) is 21.6 Å². The number of hydrogen-bond donors (Lipinski definition) is 1. The molecule has 0 amide bonds. The zero-order valence-electron chi connectivity index (χ0n) is 8.03. The summed E-state index contributed by atoms with van der Waals surface area (Å²) in [5, 5.41) is 0. The molecule has 74 valence electrons. The molecule has 1 heterocycles. The van der Waals surface area contributed by atoms with Crippen molar-refractivity contribution in [1.82, 2.24) is 0 Å². The van der Waals surface area contributed by atoms with Crippen LogP contribution in [0.15, 0.2) is 27.4 Å². The summed E-state index contributed by atoms with van der Waals surface area (Å²) in [6.07, 6.45) is 0. The molecule has 0 fully saturated rings. The fourth-order valence-corrected chi connectivity index (χ4v) is 2.10. The van der Waals surface area contributed by atoms with Crippen molar-refractivity contribution in [3.05, 3.63) is 33.5 Å². The van der Waals surface area contributed by atoms with E-state index >= 15 is 0 Å². The highest BCUT2D eigenvalue weighted by atomic mass is 32.1. The molecule has 3 nitrogen and oxygen atoms in total. The van der Waals surface area contributed by atoms with Crippen LogP contribution < -0.4 is 10.7 Å². The Bertz CT molecular complexity index is 519. The summed E-state index contributed by atoms with van der Waals surface area (Å²) in [6.45, 7) is 3.78. The van der Waals surface area contributed by atoms with E-state index in [-0.39, 0.29) is 4.94 Å². The Morgan fingerprint density at radius 2 is 2.14 bits per heavy atom. The van der Waals surface area contributed by atoms with Crippen LogP contribution in [0.5, 0.6) is 0 Å². The van der Waals surface area contributed by atoms with Gasteiger partial charge >= 0.3 is 4.94 Å². The van der Waals surface area contributed by atoms with Crippen molar-refractivity contribution < 1.29 is 4.42 Å². The second-order valence-electron chi connectivity index (χ2n) is 3.81. The second kappa shape index (κ2) is 2.93. The van der Waals surface area contributed by atoms with Crippen LogP contribution in [-0.2, 0) is 5.54 Å². The van der Waals surface area contributed by atoms with E-state index < -0.39 is 5.54 Å². The molecule has 0 unspecified atom stereocenters. The van der Waals surface area contributed by atoms with Crippen molar-refractivity contribution in [2.75, 3.05) is 0 Å². The summed E-state index contributed by atoms with van der Waals surface area (Å²) in [6, 6.07) is 5.63. The lowest BCUT2D eigenvalue weighted by molar-refractivity contribution is 0.526. The number of nitrogens with two attached hydrogens (primary N) is 1. The quantitative estimate of drug-likeness (QED) is 0.782. The van der Waals surface area contributed by atoms with Gasteiger partial charge in [-0.25, -0.2) is 4.79 Å². The van der Waals surface area contributed by atoms with Crippen molar-refractivity contribution >= 4 is 21.6 Å². The van der Waals surface area contributed by atoms with Crippen molar-refractivity contribution in [1.29, 1.82) is 0 Å². The van der Waals surface area contributed by atoms with Gasteiger partial charge in [-0.05, 0) is 19.9 Å². The van der Waals surface area contributed by atoms with Gasteiger partial charge in [-0.15, -0.1) is 0 Å². The predicted octanol–water partition coefficient (Wildman–Crippen LogP) is 2.05. The zero-order valence-corrected chi connectivity index (χ0v) is 8.85. The molecule has 1 aromatic heterocycles. The minimum atomic E-state index is -0.490. The fraction of sp³-hybridized carbons (Fsp3) is 0.300. The molecule has 0 spiro atoms. The third-order valence-electron chi connectivity index (χ3n) is 2.05. The minimum Gasteiger partial charge on any atom is -0.414 e. The SMILES string of the molecule is CC(C)(N)c1cccc2sc(=O)oc12. The molecule has 0 saturated carbocycles. The summed E-state index contributed by atoms with van der Waals surface area (Å²) in [7, 11) is 0. The molecule has 2 N–H and O–H groups in total. The third-order valence-corrected chi connectivity index (χ3v) is 2.84. The Morgan fingerprint density at radius 3 is 2.79 bits per heavy atom. The lowest BCUT2D eigenvalue weighted by atomic mass is 9.95. The van der Waals surface area contributed by atoms with E-state index in [1.54, 1.807) is 0 Å². The Hall–Kier alpha value is -1.13. The van der Waals surface area contributed by atoms with Gasteiger partial charge in [0.15, 0.2) is 5.58 Å². The molecule has 0 aliphatic rings. The number of para-hydroxylation sites is 1. The lowest BCUT2D eigenvalue weighted by Crippen LogP contribution is -2.28. The maximum absolute atomic E-state index is 11.1. The van der Waals surface area contributed by atoms with Gasteiger partial charge in [0.2, 0.25) is 0 Å². The van der Waals surface area contributed by atoms with Crippen LogP contribution in [0, 0.1) is 0 Å². The third kappa shape index (κ3) is 1.47. The van der Waals surface area contributed by atoms with Gasteiger partial charge in [0.1, 0.15) is 0 Å². The van der Waals surface area contributed by atoms with Crippen molar-refractivity contribution in [3.63, 3.8) is 0 Å². The fourth-order valence-electron chi connectivity index (χ4n) is 1.40. The molecule has 2 aromatic rings. The molecule has 0 radical (unpaired) electrons. The maximum Gasteiger partial charge on any atom is 0.396 e. The van der Waals surface area contributed by atoms with Gasteiger partial charge in [0, 0.05) is 11.1 Å².